The van der Waals surface area contributed by atoms with Gasteiger partial charge in [0, 0.05) is 17.3 Å². The molecule has 14 rings (SSSR count). The zero-order valence-electron chi connectivity index (χ0n) is 36.3. The lowest BCUT2D eigenvalue weighted by Gasteiger charge is -2.31. The van der Waals surface area contributed by atoms with Crippen molar-refractivity contribution in [3.8, 4) is 61.5 Å². The van der Waals surface area contributed by atoms with E-state index in [4.69, 9.17) is 0 Å². The van der Waals surface area contributed by atoms with Gasteiger partial charge in [-0.25, -0.2) is 0 Å². The Kier molecular flexibility index (Phi) is 8.09. The van der Waals surface area contributed by atoms with E-state index in [9.17, 15) is 0 Å². The van der Waals surface area contributed by atoms with Crippen LogP contribution in [0.4, 0.5) is 0 Å². The van der Waals surface area contributed by atoms with Gasteiger partial charge in [0.2, 0.25) is 0 Å². The standard InChI is InChI=1S/C65H43N/c1-3-18-43(19-4-1)61-37-38-62(44-20-5-2-6-21-44)66(61)48-34-36-55-56(41-48)64(54-27-10-9-26-53(54)63(55)46-32-31-42-17-7-8-22-45(42)39-46)47-33-35-52-51-25-13-16-30-59(51)65(60(52)40-47)57-28-14-11-23-49(57)50-24-12-15-29-58(50)65/h1-20,22-41,44H,21H2. The molecule has 1 heterocycles. The minimum absolute atomic E-state index is 0.263. The minimum atomic E-state index is -0.441. The van der Waals surface area contributed by atoms with Crippen LogP contribution < -0.4 is 0 Å². The van der Waals surface area contributed by atoms with Gasteiger partial charge in [0.15, 0.2) is 0 Å². The first-order chi connectivity index (χ1) is 32.8. The Balaban J connectivity index is 1.09. The summed E-state index contributed by atoms with van der Waals surface area (Å²) < 4.78 is 2.53. The second kappa shape index (κ2) is 14.4. The second-order valence-electron chi connectivity index (χ2n) is 18.2. The Bertz CT molecular complexity index is 3790. The second-order valence-corrected chi connectivity index (χ2v) is 18.2. The average molecular weight is 838 g/mol. The number of hydrogen-bond acceptors (Lipinski definition) is 0. The molecule has 11 aromatic rings. The van der Waals surface area contributed by atoms with Gasteiger partial charge >= 0.3 is 0 Å². The Hall–Kier alpha value is -8.26. The number of rotatable bonds is 5. The molecule has 3 aliphatic rings. The van der Waals surface area contributed by atoms with Crippen molar-refractivity contribution in [3.05, 3.63) is 271 Å². The molecule has 3 aliphatic carbocycles. The molecule has 1 aromatic heterocycles. The highest BCUT2D eigenvalue weighted by Gasteiger charge is 2.51. The third kappa shape index (κ3) is 5.23. The van der Waals surface area contributed by atoms with E-state index >= 15 is 0 Å². The highest BCUT2D eigenvalue weighted by molar-refractivity contribution is 6.22. The number of nitrogens with zero attached hydrogens (tertiary/aromatic N) is 1. The fourth-order valence-electron chi connectivity index (χ4n) is 12.2. The topological polar surface area (TPSA) is 4.93 Å². The third-order valence-electron chi connectivity index (χ3n) is 14.9. The first-order valence-corrected chi connectivity index (χ1v) is 23.3. The SMILES string of the molecule is C1=CCC(c2ccc(-c3ccccc3)n2-c2ccc3c(-c4ccc5ccccc5c4)c4ccccc4c(-c4ccc5c(c4)C4(c6ccccc6-c6ccccc64)c4ccccc4-5)c3c2)C=C1. The molecule has 308 valence electrons. The number of allylic oxidation sites excluding steroid dienone is 4. The zero-order chi connectivity index (χ0) is 43.3. The van der Waals surface area contributed by atoms with E-state index in [-0.39, 0.29) is 5.92 Å². The van der Waals surface area contributed by atoms with Gasteiger partial charge in [-0.05, 0) is 147 Å². The normalized spacial score (nSPS) is 15.1. The molecule has 10 aromatic carbocycles. The van der Waals surface area contributed by atoms with E-state index in [1.807, 2.05) is 0 Å². The smallest absolute Gasteiger partial charge is 0.0725 e. The summed E-state index contributed by atoms with van der Waals surface area (Å²) in [5.41, 5.74) is 20.1. The average Bonchev–Trinajstić information content (AvgIpc) is 4.06. The van der Waals surface area contributed by atoms with Crippen LogP contribution in [0.1, 0.15) is 40.3 Å². The van der Waals surface area contributed by atoms with Gasteiger partial charge in [-0.1, -0.05) is 206 Å². The molecule has 0 aliphatic heterocycles. The summed E-state index contributed by atoms with van der Waals surface area (Å²) in [5.74, 6) is 0.263. The van der Waals surface area contributed by atoms with E-state index in [2.05, 4.69) is 247 Å². The molecule has 1 nitrogen and oxygen atoms in total. The Morgan fingerprint density at radius 1 is 0.379 bits per heavy atom. The maximum Gasteiger partial charge on any atom is 0.0725 e. The molecule has 0 amide bonds. The largest absolute Gasteiger partial charge is 0.313 e. The van der Waals surface area contributed by atoms with Crippen LogP contribution in [-0.2, 0) is 5.41 Å². The van der Waals surface area contributed by atoms with Crippen LogP contribution in [0.2, 0.25) is 0 Å². The van der Waals surface area contributed by atoms with Gasteiger partial charge in [0.25, 0.3) is 0 Å². The molecular formula is C65H43N. The molecule has 0 bridgehead atoms. The van der Waals surface area contributed by atoms with Crippen molar-refractivity contribution in [2.75, 3.05) is 0 Å². The summed E-state index contributed by atoms with van der Waals surface area (Å²) in [5, 5.41) is 7.48. The van der Waals surface area contributed by atoms with E-state index in [0.29, 0.717) is 0 Å². The molecule has 0 radical (unpaired) electrons. The van der Waals surface area contributed by atoms with E-state index in [1.165, 1.54) is 116 Å². The van der Waals surface area contributed by atoms with Gasteiger partial charge in [0.1, 0.15) is 0 Å². The highest BCUT2D eigenvalue weighted by Crippen LogP contribution is 2.63. The van der Waals surface area contributed by atoms with Gasteiger partial charge in [-0.2, -0.15) is 0 Å². The van der Waals surface area contributed by atoms with Gasteiger partial charge in [-0.3, -0.25) is 0 Å². The van der Waals surface area contributed by atoms with Crippen molar-refractivity contribution in [2.24, 2.45) is 0 Å². The minimum Gasteiger partial charge on any atom is -0.313 e. The first-order valence-electron chi connectivity index (χ1n) is 23.3. The molecule has 0 fully saturated rings. The summed E-state index contributed by atoms with van der Waals surface area (Å²) in [6.45, 7) is 0. The molecular weight excluding hydrogens is 795 g/mol. The van der Waals surface area contributed by atoms with Crippen LogP contribution in [0.25, 0.3) is 93.8 Å². The molecule has 1 heteroatoms. The lowest BCUT2D eigenvalue weighted by atomic mass is 9.70. The van der Waals surface area contributed by atoms with E-state index in [1.54, 1.807) is 0 Å². The van der Waals surface area contributed by atoms with Crippen molar-refractivity contribution >= 4 is 32.3 Å². The molecule has 0 N–H and O–H groups in total. The monoisotopic (exact) mass is 837 g/mol. The third-order valence-corrected chi connectivity index (χ3v) is 14.9. The van der Waals surface area contributed by atoms with Gasteiger partial charge in [0.05, 0.1) is 11.1 Å². The summed E-state index contributed by atoms with van der Waals surface area (Å²) >= 11 is 0. The van der Waals surface area contributed by atoms with Crippen molar-refractivity contribution < 1.29 is 0 Å². The van der Waals surface area contributed by atoms with Crippen molar-refractivity contribution in [1.82, 2.24) is 4.57 Å². The lowest BCUT2D eigenvalue weighted by Crippen LogP contribution is -2.25. The van der Waals surface area contributed by atoms with E-state index in [0.717, 1.165) is 12.1 Å². The number of benzene rings is 10. The summed E-state index contributed by atoms with van der Waals surface area (Å²) in [6.07, 6.45) is 10.00. The van der Waals surface area contributed by atoms with Crippen LogP contribution in [-0.4, -0.2) is 4.57 Å². The van der Waals surface area contributed by atoms with Crippen LogP contribution in [0.15, 0.2) is 243 Å². The Morgan fingerprint density at radius 3 is 1.65 bits per heavy atom. The predicted molar refractivity (Wildman–Crippen MR) is 277 cm³/mol. The Morgan fingerprint density at radius 2 is 0.955 bits per heavy atom. The van der Waals surface area contributed by atoms with Crippen molar-refractivity contribution in [2.45, 2.75) is 17.8 Å². The highest BCUT2D eigenvalue weighted by atomic mass is 15.0. The van der Waals surface area contributed by atoms with Crippen LogP contribution >= 0.6 is 0 Å². The fraction of sp³-hybridized carbons (Fsp3) is 0.0462. The van der Waals surface area contributed by atoms with Crippen LogP contribution in [0.5, 0.6) is 0 Å². The quantitative estimate of drug-likeness (QED) is 0.152. The number of aromatic nitrogens is 1. The summed E-state index contributed by atoms with van der Waals surface area (Å²) in [7, 11) is 0. The maximum absolute atomic E-state index is 2.56. The van der Waals surface area contributed by atoms with Crippen LogP contribution in [0, 0.1) is 0 Å². The molecule has 1 unspecified atom stereocenters. The summed E-state index contributed by atoms with van der Waals surface area (Å²) in [4.78, 5) is 0. The Labute approximate surface area is 384 Å². The maximum atomic E-state index is 2.56. The predicted octanol–water partition coefficient (Wildman–Crippen LogP) is 16.9. The fourth-order valence-corrected chi connectivity index (χ4v) is 12.2. The molecule has 0 saturated carbocycles. The lowest BCUT2D eigenvalue weighted by molar-refractivity contribution is 0.786. The van der Waals surface area contributed by atoms with Crippen molar-refractivity contribution in [1.29, 1.82) is 0 Å². The van der Waals surface area contributed by atoms with Crippen molar-refractivity contribution in [3.63, 3.8) is 0 Å². The summed E-state index contributed by atoms with van der Waals surface area (Å²) in [6, 6.07) is 82.4. The zero-order valence-corrected chi connectivity index (χ0v) is 36.3. The molecule has 0 saturated heterocycles. The number of fused-ring (bicyclic) bond motifs is 13. The van der Waals surface area contributed by atoms with Gasteiger partial charge < -0.3 is 4.57 Å². The number of hydrogen-bond donors (Lipinski definition) is 0. The molecule has 66 heavy (non-hydrogen) atoms. The first kappa shape index (κ1) is 37.1. The van der Waals surface area contributed by atoms with E-state index < -0.39 is 5.41 Å². The van der Waals surface area contributed by atoms with Gasteiger partial charge in [-0.15, -0.1) is 0 Å². The molecule has 1 atom stereocenters. The molecule has 1 spiro atoms. The van der Waals surface area contributed by atoms with Crippen LogP contribution in [0.3, 0.4) is 0 Å².